The normalized spacial score (nSPS) is 16.2. The number of nitrogens with zero attached hydrogens (tertiary/aromatic N) is 3. The van der Waals surface area contributed by atoms with E-state index in [1.165, 1.54) is 6.42 Å². The van der Waals surface area contributed by atoms with Crippen molar-refractivity contribution in [3.05, 3.63) is 41.8 Å². The minimum Gasteiger partial charge on any atom is -0.405 e. The summed E-state index contributed by atoms with van der Waals surface area (Å²) in [6.45, 7) is 5.61. The highest BCUT2D eigenvalue weighted by Crippen LogP contribution is 2.25. The highest BCUT2D eigenvalue weighted by atomic mass is 16.4. The molecule has 0 bridgehead atoms. The Morgan fingerprint density at radius 3 is 2.50 bits per heavy atom. The Bertz CT molecular complexity index is 663. The summed E-state index contributed by atoms with van der Waals surface area (Å²) in [5.41, 5.74) is 0.931. The van der Waals surface area contributed by atoms with Crippen LogP contribution in [0.4, 0.5) is 6.01 Å². The number of rotatable bonds is 5. The molecule has 2 heterocycles. The maximum atomic E-state index is 12.2. The van der Waals surface area contributed by atoms with Crippen LogP contribution >= 0.6 is 0 Å². The number of carbonyl (C=O) groups is 1. The van der Waals surface area contributed by atoms with Crippen molar-refractivity contribution in [3.63, 3.8) is 0 Å². The lowest BCUT2D eigenvalue weighted by molar-refractivity contribution is -0.124. The fourth-order valence-corrected chi connectivity index (χ4v) is 2.80. The van der Waals surface area contributed by atoms with Crippen LogP contribution in [-0.2, 0) is 4.79 Å². The Labute approximate surface area is 142 Å². The summed E-state index contributed by atoms with van der Waals surface area (Å²) >= 11 is 0. The van der Waals surface area contributed by atoms with Gasteiger partial charge in [-0.25, -0.2) is 0 Å². The zero-order valence-electron chi connectivity index (χ0n) is 14.2. The highest BCUT2D eigenvalue weighted by molar-refractivity contribution is 5.78. The average Bonchev–Trinajstić information content (AvgIpc) is 3.10. The molecule has 3 rings (SSSR count). The van der Waals surface area contributed by atoms with Gasteiger partial charge in [-0.1, -0.05) is 49.3 Å². The van der Waals surface area contributed by atoms with E-state index < -0.39 is 6.04 Å². The van der Waals surface area contributed by atoms with Crippen LogP contribution in [0.2, 0.25) is 0 Å². The summed E-state index contributed by atoms with van der Waals surface area (Å²) in [6.07, 6.45) is 3.53. The smallest absolute Gasteiger partial charge is 0.318 e. The van der Waals surface area contributed by atoms with Crippen LogP contribution in [0.3, 0.4) is 0 Å². The molecule has 6 nitrogen and oxygen atoms in total. The number of piperidine rings is 1. The van der Waals surface area contributed by atoms with Crippen LogP contribution in [0.5, 0.6) is 0 Å². The topological polar surface area (TPSA) is 71.3 Å². The molecule has 128 valence electrons. The minimum atomic E-state index is -0.424. The number of hydrogen-bond acceptors (Lipinski definition) is 5. The standard InChI is InChI=1S/C18H24N4O2/c1-13(2)16(23)19-15(14-9-5-3-6-10-14)17-20-21-18(24-17)22-11-7-4-8-12-22/h3,5-6,9-10,13,15H,4,7-8,11-12H2,1-2H3,(H,19,23)/t15-/m1/s1. The Morgan fingerprint density at radius 2 is 1.83 bits per heavy atom. The first-order chi connectivity index (χ1) is 11.6. The van der Waals surface area contributed by atoms with Crippen LogP contribution in [0.1, 0.15) is 50.6 Å². The summed E-state index contributed by atoms with van der Waals surface area (Å²) in [4.78, 5) is 14.3. The fraction of sp³-hybridized carbons (Fsp3) is 0.500. The first-order valence-corrected chi connectivity index (χ1v) is 8.59. The number of carbonyl (C=O) groups excluding carboxylic acids is 1. The number of hydrogen-bond donors (Lipinski definition) is 1. The van der Waals surface area contributed by atoms with E-state index in [1.54, 1.807) is 0 Å². The molecule has 2 aromatic rings. The minimum absolute atomic E-state index is 0.0402. The quantitative estimate of drug-likeness (QED) is 0.914. The van der Waals surface area contributed by atoms with E-state index in [1.807, 2.05) is 44.2 Å². The summed E-state index contributed by atoms with van der Waals surface area (Å²) in [7, 11) is 0. The Kier molecular flexibility index (Phi) is 5.13. The maximum Gasteiger partial charge on any atom is 0.318 e. The van der Waals surface area contributed by atoms with Crippen molar-refractivity contribution >= 4 is 11.9 Å². The Hall–Kier alpha value is -2.37. The van der Waals surface area contributed by atoms with E-state index >= 15 is 0 Å². The van der Waals surface area contributed by atoms with E-state index in [-0.39, 0.29) is 11.8 Å². The molecule has 24 heavy (non-hydrogen) atoms. The summed E-state index contributed by atoms with van der Waals surface area (Å²) in [5.74, 6) is 0.276. The van der Waals surface area contributed by atoms with E-state index in [2.05, 4.69) is 20.4 Å². The molecule has 1 aromatic carbocycles. The predicted octanol–water partition coefficient (Wildman–Crippen LogP) is 2.92. The number of aromatic nitrogens is 2. The fourth-order valence-electron chi connectivity index (χ4n) is 2.80. The van der Waals surface area contributed by atoms with Gasteiger partial charge in [0.25, 0.3) is 0 Å². The van der Waals surface area contributed by atoms with Crippen molar-refractivity contribution < 1.29 is 9.21 Å². The Morgan fingerprint density at radius 1 is 1.12 bits per heavy atom. The molecule has 1 aliphatic heterocycles. The molecule has 1 aromatic heterocycles. The van der Waals surface area contributed by atoms with Crippen molar-refractivity contribution in [3.8, 4) is 0 Å². The van der Waals surface area contributed by atoms with Crippen LogP contribution in [-0.4, -0.2) is 29.2 Å². The lowest BCUT2D eigenvalue weighted by Crippen LogP contribution is -2.32. The van der Waals surface area contributed by atoms with Crippen molar-refractivity contribution in [2.24, 2.45) is 5.92 Å². The maximum absolute atomic E-state index is 12.2. The van der Waals surface area contributed by atoms with Gasteiger partial charge in [0.2, 0.25) is 11.8 Å². The molecular weight excluding hydrogens is 304 g/mol. The van der Waals surface area contributed by atoms with E-state index in [0.717, 1.165) is 31.5 Å². The third-order valence-electron chi connectivity index (χ3n) is 4.25. The van der Waals surface area contributed by atoms with Gasteiger partial charge in [-0.2, -0.15) is 0 Å². The molecular formula is C18H24N4O2. The summed E-state index contributed by atoms with van der Waals surface area (Å²) in [6, 6.07) is 9.85. The molecule has 1 aliphatic rings. The van der Waals surface area contributed by atoms with E-state index in [9.17, 15) is 4.79 Å². The lowest BCUT2D eigenvalue weighted by atomic mass is 10.1. The first-order valence-electron chi connectivity index (χ1n) is 8.59. The molecule has 1 saturated heterocycles. The third-order valence-corrected chi connectivity index (χ3v) is 4.25. The van der Waals surface area contributed by atoms with Crippen LogP contribution in [0.25, 0.3) is 0 Å². The van der Waals surface area contributed by atoms with Gasteiger partial charge in [-0.3, -0.25) is 4.79 Å². The van der Waals surface area contributed by atoms with Crippen molar-refractivity contribution in [2.45, 2.75) is 39.2 Å². The van der Waals surface area contributed by atoms with Gasteiger partial charge in [0.1, 0.15) is 6.04 Å². The van der Waals surface area contributed by atoms with E-state index in [0.29, 0.717) is 11.9 Å². The Balaban J connectivity index is 1.85. The van der Waals surface area contributed by atoms with Gasteiger partial charge in [0.15, 0.2) is 0 Å². The summed E-state index contributed by atoms with van der Waals surface area (Å²) in [5, 5.41) is 11.4. The first kappa shape index (κ1) is 16.5. The second kappa shape index (κ2) is 7.47. The predicted molar refractivity (Wildman–Crippen MR) is 91.6 cm³/mol. The molecule has 0 radical (unpaired) electrons. The monoisotopic (exact) mass is 328 g/mol. The van der Waals surface area contributed by atoms with Crippen LogP contribution in [0, 0.1) is 5.92 Å². The molecule has 1 fully saturated rings. The number of nitrogens with one attached hydrogen (secondary N) is 1. The van der Waals surface area contributed by atoms with E-state index in [4.69, 9.17) is 4.42 Å². The van der Waals surface area contributed by atoms with Crippen LogP contribution < -0.4 is 10.2 Å². The van der Waals surface area contributed by atoms with Gasteiger partial charge in [-0.05, 0) is 24.8 Å². The summed E-state index contributed by atoms with van der Waals surface area (Å²) < 4.78 is 5.91. The molecule has 6 heteroatoms. The largest absolute Gasteiger partial charge is 0.405 e. The van der Waals surface area contributed by atoms with Crippen LogP contribution in [0.15, 0.2) is 34.7 Å². The van der Waals surface area contributed by atoms with Crippen molar-refractivity contribution in [1.82, 2.24) is 15.5 Å². The average molecular weight is 328 g/mol. The third kappa shape index (κ3) is 3.75. The number of anilines is 1. The SMILES string of the molecule is CC(C)C(=O)N[C@H](c1ccccc1)c1nnc(N2CCCCC2)o1. The van der Waals surface area contributed by atoms with Crippen molar-refractivity contribution in [2.75, 3.05) is 18.0 Å². The van der Waals surface area contributed by atoms with Crippen molar-refractivity contribution in [1.29, 1.82) is 0 Å². The van der Waals surface area contributed by atoms with Gasteiger partial charge in [-0.15, -0.1) is 5.10 Å². The molecule has 0 saturated carbocycles. The zero-order valence-corrected chi connectivity index (χ0v) is 14.2. The molecule has 0 spiro atoms. The zero-order chi connectivity index (χ0) is 16.9. The van der Waals surface area contributed by atoms with Gasteiger partial charge >= 0.3 is 6.01 Å². The number of benzene rings is 1. The highest BCUT2D eigenvalue weighted by Gasteiger charge is 2.25. The van der Waals surface area contributed by atoms with Gasteiger partial charge in [0, 0.05) is 19.0 Å². The second-order valence-corrected chi connectivity index (χ2v) is 6.48. The molecule has 0 unspecified atom stereocenters. The number of amides is 1. The second-order valence-electron chi connectivity index (χ2n) is 6.48. The molecule has 1 amide bonds. The van der Waals surface area contributed by atoms with Gasteiger partial charge in [0.05, 0.1) is 0 Å². The molecule has 1 N–H and O–H groups in total. The lowest BCUT2D eigenvalue weighted by Gasteiger charge is -2.24. The molecule has 0 aliphatic carbocycles. The molecule has 1 atom stereocenters. The van der Waals surface area contributed by atoms with Gasteiger partial charge < -0.3 is 14.6 Å².